The maximum atomic E-state index is 12.3. The average Bonchev–Trinajstić information content (AvgIpc) is 2.52. The summed E-state index contributed by atoms with van der Waals surface area (Å²) in [5, 5.41) is 44.1. The zero-order chi connectivity index (χ0) is 18.8. The Kier molecular flexibility index (Phi) is 10.7. The van der Waals surface area contributed by atoms with E-state index in [1.165, 1.54) is 0 Å². The molecule has 0 spiro atoms. The average molecular weight is 349 g/mol. The van der Waals surface area contributed by atoms with Gasteiger partial charge in [-0.25, -0.2) is 0 Å². The minimum Gasteiger partial charge on any atom is -0.394 e. The molecule has 0 rings (SSSR count). The SMILES string of the molecule is CC(C)(C)NC(CCC(=O)NC(CO)CO)C(=O)NC(CO)CO. The molecule has 9 heteroatoms. The highest BCUT2D eigenvalue weighted by atomic mass is 16.3. The van der Waals surface area contributed by atoms with E-state index in [0.717, 1.165) is 0 Å². The van der Waals surface area contributed by atoms with Crippen molar-refractivity contribution in [3.63, 3.8) is 0 Å². The van der Waals surface area contributed by atoms with E-state index < -0.39 is 29.9 Å². The maximum Gasteiger partial charge on any atom is 0.237 e. The molecule has 24 heavy (non-hydrogen) atoms. The summed E-state index contributed by atoms with van der Waals surface area (Å²) in [7, 11) is 0. The third-order valence-electron chi connectivity index (χ3n) is 3.18. The molecule has 7 N–H and O–H groups in total. The highest BCUT2D eigenvalue weighted by Crippen LogP contribution is 2.07. The molecule has 0 aromatic carbocycles. The molecule has 9 nitrogen and oxygen atoms in total. The summed E-state index contributed by atoms with van der Waals surface area (Å²) in [6, 6.07) is -2.18. The van der Waals surface area contributed by atoms with Crippen molar-refractivity contribution >= 4 is 11.8 Å². The van der Waals surface area contributed by atoms with E-state index >= 15 is 0 Å². The Morgan fingerprint density at radius 3 is 1.75 bits per heavy atom. The highest BCUT2D eigenvalue weighted by molar-refractivity contribution is 5.83. The normalized spacial score (nSPS) is 13.2. The number of hydrogen-bond donors (Lipinski definition) is 7. The Morgan fingerprint density at radius 2 is 1.33 bits per heavy atom. The van der Waals surface area contributed by atoms with Gasteiger partial charge in [-0.3, -0.25) is 9.59 Å². The van der Waals surface area contributed by atoms with Crippen molar-refractivity contribution in [1.82, 2.24) is 16.0 Å². The fraction of sp³-hybridized carbons (Fsp3) is 0.867. The molecule has 0 aromatic heterocycles. The first kappa shape index (κ1) is 22.7. The van der Waals surface area contributed by atoms with Crippen LogP contribution in [0, 0.1) is 0 Å². The van der Waals surface area contributed by atoms with Crippen LogP contribution in [-0.4, -0.2) is 82.3 Å². The minimum atomic E-state index is -0.760. The van der Waals surface area contributed by atoms with E-state index in [-0.39, 0.29) is 44.8 Å². The lowest BCUT2D eigenvalue weighted by atomic mass is 10.0. The zero-order valence-corrected chi connectivity index (χ0v) is 14.6. The van der Waals surface area contributed by atoms with E-state index in [1.54, 1.807) is 0 Å². The van der Waals surface area contributed by atoms with Gasteiger partial charge in [0.05, 0.1) is 44.6 Å². The first-order chi connectivity index (χ1) is 11.2. The van der Waals surface area contributed by atoms with E-state index in [9.17, 15) is 9.59 Å². The third-order valence-corrected chi connectivity index (χ3v) is 3.18. The number of carbonyl (C=O) groups excluding carboxylic acids is 2. The van der Waals surface area contributed by atoms with Gasteiger partial charge < -0.3 is 36.4 Å². The number of rotatable bonds is 11. The summed E-state index contributed by atoms with van der Waals surface area (Å²) in [5.74, 6) is -0.816. The number of nitrogens with one attached hydrogen (secondary N) is 3. The molecule has 142 valence electrons. The topological polar surface area (TPSA) is 151 Å². The Balaban J connectivity index is 4.72. The molecule has 0 radical (unpaired) electrons. The van der Waals surface area contributed by atoms with Gasteiger partial charge in [-0.05, 0) is 27.2 Å². The van der Waals surface area contributed by atoms with Crippen LogP contribution in [-0.2, 0) is 9.59 Å². The number of aliphatic hydroxyl groups excluding tert-OH is 4. The van der Waals surface area contributed by atoms with Gasteiger partial charge in [0.15, 0.2) is 0 Å². The molecule has 0 aliphatic heterocycles. The fourth-order valence-corrected chi connectivity index (χ4v) is 1.97. The molecule has 0 bridgehead atoms. The fourth-order valence-electron chi connectivity index (χ4n) is 1.97. The van der Waals surface area contributed by atoms with Crippen LogP contribution in [0.25, 0.3) is 0 Å². The van der Waals surface area contributed by atoms with E-state index in [1.807, 2.05) is 20.8 Å². The van der Waals surface area contributed by atoms with Crippen LogP contribution < -0.4 is 16.0 Å². The second-order valence-corrected chi connectivity index (χ2v) is 6.69. The predicted octanol–water partition coefficient (Wildman–Crippen LogP) is -2.54. The van der Waals surface area contributed by atoms with Gasteiger partial charge in [-0.15, -0.1) is 0 Å². The number of carbonyl (C=O) groups is 2. The quantitative estimate of drug-likeness (QED) is 0.217. The molecule has 1 unspecified atom stereocenters. The van der Waals surface area contributed by atoms with Gasteiger partial charge in [0.1, 0.15) is 0 Å². The summed E-state index contributed by atoms with van der Waals surface area (Å²) < 4.78 is 0. The molecular formula is C15H31N3O6. The first-order valence-electron chi connectivity index (χ1n) is 7.97. The van der Waals surface area contributed by atoms with Crippen LogP contribution in [0.4, 0.5) is 0 Å². The van der Waals surface area contributed by atoms with Gasteiger partial charge in [0.2, 0.25) is 11.8 Å². The number of aliphatic hydroxyl groups is 4. The lowest BCUT2D eigenvalue weighted by Gasteiger charge is -2.29. The second kappa shape index (κ2) is 11.3. The van der Waals surface area contributed by atoms with Crippen molar-refractivity contribution in [2.24, 2.45) is 0 Å². The molecule has 0 saturated carbocycles. The van der Waals surface area contributed by atoms with E-state index in [0.29, 0.717) is 0 Å². The van der Waals surface area contributed by atoms with Crippen molar-refractivity contribution in [2.45, 2.75) is 57.3 Å². The molecule has 1 atom stereocenters. The van der Waals surface area contributed by atoms with Crippen molar-refractivity contribution in [1.29, 1.82) is 0 Å². The summed E-state index contributed by atoms with van der Waals surface area (Å²) in [5.41, 5.74) is -0.384. The Hall–Kier alpha value is -1.26. The van der Waals surface area contributed by atoms with E-state index in [2.05, 4.69) is 16.0 Å². The van der Waals surface area contributed by atoms with Crippen LogP contribution in [0.3, 0.4) is 0 Å². The molecular weight excluding hydrogens is 318 g/mol. The molecule has 0 heterocycles. The monoisotopic (exact) mass is 349 g/mol. The molecule has 2 amide bonds. The molecule has 0 aromatic rings. The summed E-state index contributed by atoms with van der Waals surface area (Å²) in [6.07, 6.45) is 0.197. The van der Waals surface area contributed by atoms with Crippen LogP contribution in [0.15, 0.2) is 0 Å². The van der Waals surface area contributed by atoms with Gasteiger partial charge in [0.25, 0.3) is 0 Å². The smallest absolute Gasteiger partial charge is 0.237 e. The summed E-state index contributed by atoms with van der Waals surface area (Å²) in [4.78, 5) is 24.1. The van der Waals surface area contributed by atoms with Crippen LogP contribution in [0.1, 0.15) is 33.6 Å². The zero-order valence-electron chi connectivity index (χ0n) is 14.6. The van der Waals surface area contributed by atoms with Crippen molar-refractivity contribution in [2.75, 3.05) is 26.4 Å². The van der Waals surface area contributed by atoms with Crippen molar-refractivity contribution in [3.05, 3.63) is 0 Å². The molecule has 0 fully saturated rings. The van der Waals surface area contributed by atoms with Crippen LogP contribution >= 0.6 is 0 Å². The second-order valence-electron chi connectivity index (χ2n) is 6.69. The van der Waals surface area contributed by atoms with Crippen LogP contribution in [0.5, 0.6) is 0 Å². The van der Waals surface area contributed by atoms with Gasteiger partial charge >= 0.3 is 0 Å². The largest absolute Gasteiger partial charge is 0.394 e. The van der Waals surface area contributed by atoms with Crippen LogP contribution in [0.2, 0.25) is 0 Å². The van der Waals surface area contributed by atoms with Gasteiger partial charge in [0, 0.05) is 12.0 Å². The lowest BCUT2D eigenvalue weighted by Crippen LogP contribution is -2.55. The Labute approximate surface area is 142 Å². The first-order valence-corrected chi connectivity index (χ1v) is 7.97. The molecule has 0 aliphatic rings. The number of hydrogen-bond acceptors (Lipinski definition) is 7. The maximum absolute atomic E-state index is 12.3. The third kappa shape index (κ3) is 9.78. The van der Waals surface area contributed by atoms with Gasteiger partial charge in [-0.2, -0.15) is 0 Å². The highest BCUT2D eigenvalue weighted by Gasteiger charge is 2.26. The Morgan fingerprint density at radius 1 is 0.875 bits per heavy atom. The van der Waals surface area contributed by atoms with Crippen molar-refractivity contribution < 1.29 is 30.0 Å². The van der Waals surface area contributed by atoms with Crippen molar-refractivity contribution in [3.8, 4) is 0 Å². The van der Waals surface area contributed by atoms with Gasteiger partial charge in [-0.1, -0.05) is 0 Å². The van der Waals surface area contributed by atoms with E-state index in [4.69, 9.17) is 20.4 Å². The standard InChI is InChI=1S/C15H31N3O6/c1-15(2,3)18-12(14(24)17-11(8-21)9-22)4-5-13(23)16-10(6-19)7-20/h10-12,18-22H,4-9H2,1-3H3,(H,16,23)(H,17,24). The summed E-state index contributed by atoms with van der Waals surface area (Å²) >= 11 is 0. The predicted molar refractivity (Wildman–Crippen MR) is 88.1 cm³/mol. The minimum absolute atomic E-state index is 0.0145. The molecule has 0 aliphatic carbocycles. The summed E-state index contributed by atoms with van der Waals surface area (Å²) in [6.45, 7) is 4.09. The molecule has 0 saturated heterocycles. The number of amides is 2. The Bertz CT molecular complexity index is 378. The lowest BCUT2D eigenvalue weighted by molar-refractivity contribution is -0.126.